The SMILES string of the molecule is CCC(C)CC(C)NS(=O)(=O)CCSc1cccc(N)c1. The summed E-state index contributed by atoms with van der Waals surface area (Å²) in [5.41, 5.74) is 6.39. The molecule has 120 valence electrons. The van der Waals surface area contributed by atoms with Crippen molar-refractivity contribution in [3.8, 4) is 0 Å². The molecule has 1 aromatic carbocycles. The largest absolute Gasteiger partial charge is 0.399 e. The molecule has 6 heteroatoms. The van der Waals surface area contributed by atoms with Gasteiger partial charge in [-0.25, -0.2) is 13.1 Å². The van der Waals surface area contributed by atoms with Gasteiger partial charge in [0.15, 0.2) is 0 Å². The van der Waals surface area contributed by atoms with Crippen molar-refractivity contribution in [2.45, 2.75) is 44.6 Å². The van der Waals surface area contributed by atoms with Crippen molar-refractivity contribution >= 4 is 27.5 Å². The van der Waals surface area contributed by atoms with Crippen molar-refractivity contribution in [1.29, 1.82) is 0 Å². The normalized spacial score (nSPS) is 14.8. The van der Waals surface area contributed by atoms with Gasteiger partial charge in [-0.3, -0.25) is 0 Å². The third-order valence-corrected chi connectivity index (χ3v) is 6.07. The molecule has 0 aliphatic heterocycles. The number of nitrogen functional groups attached to an aromatic ring is 1. The van der Waals surface area contributed by atoms with E-state index in [1.807, 2.05) is 31.2 Å². The van der Waals surface area contributed by atoms with Gasteiger partial charge in [-0.15, -0.1) is 11.8 Å². The molecule has 0 fully saturated rings. The molecule has 2 unspecified atom stereocenters. The van der Waals surface area contributed by atoms with Crippen molar-refractivity contribution in [3.05, 3.63) is 24.3 Å². The number of hydrogen-bond acceptors (Lipinski definition) is 4. The first kappa shape index (κ1) is 18.3. The van der Waals surface area contributed by atoms with E-state index >= 15 is 0 Å². The van der Waals surface area contributed by atoms with Crippen LogP contribution in [0.2, 0.25) is 0 Å². The van der Waals surface area contributed by atoms with E-state index in [2.05, 4.69) is 18.6 Å². The average Bonchev–Trinajstić information content (AvgIpc) is 2.37. The van der Waals surface area contributed by atoms with E-state index in [0.717, 1.165) is 17.7 Å². The standard InChI is InChI=1S/C15H26N2O2S2/c1-4-12(2)10-13(3)17-21(18,19)9-8-20-15-7-5-6-14(16)11-15/h5-7,11-13,17H,4,8-10,16H2,1-3H3. The predicted molar refractivity (Wildman–Crippen MR) is 92.0 cm³/mol. The number of benzene rings is 1. The molecule has 0 amide bonds. The maximum atomic E-state index is 12.0. The molecule has 1 aromatic rings. The Bertz CT molecular complexity index is 532. The summed E-state index contributed by atoms with van der Waals surface area (Å²) in [6.45, 7) is 6.18. The minimum absolute atomic E-state index is 0.0117. The smallest absolute Gasteiger partial charge is 0.212 e. The summed E-state index contributed by atoms with van der Waals surface area (Å²) in [5.74, 6) is 1.18. The van der Waals surface area contributed by atoms with E-state index in [0.29, 0.717) is 17.4 Å². The molecule has 0 aliphatic carbocycles. The molecular formula is C15H26N2O2S2. The fraction of sp³-hybridized carbons (Fsp3) is 0.600. The van der Waals surface area contributed by atoms with Gasteiger partial charge in [-0.05, 0) is 37.5 Å². The molecule has 0 bridgehead atoms. The van der Waals surface area contributed by atoms with E-state index in [4.69, 9.17) is 5.73 Å². The third kappa shape index (κ3) is 7.74. The van der Waals surface area contributed by atoms with Crippen molar-refractivity contribution in [3.63, 3.8) is 0 Å². The van der Waals surface area contributed by atoms with E-state index in [-0.39, 0.29) is 11.8 Å². The summed E-state index contributed by atoms with van der Waals surface area (Å²) in [6.07, 6.45) is 1.94. The summed E-state index contributed by atoms with van der Waals surface area (Å²) < 4.78 is 26.8. The molecule has 0 saturated carbocycles. The molecule has 1 rings (SSSR count). The molecule has 3 N–H and O–H groups in total. The van der Waals surface area contributed by atoms with E-state index in [1.165, 1.54) is 11.8 Å². The fourth-order valence-corrected chi connectivity index (χ4v) is 4.73. The Morgan fingerprint density at radius 3 is 2.67 bits per heavy atom. The number of anilines is 1. The fourth-order valence-electron chi connectivity index (χ4n) is 2.06. The van der Waals surface area contributed by atoms with E-state index in [1.54, 1.807) is 0 Å². The van der Waals surface area contributed by atoms with Crippen LogP contribution in [0.5, 0.6) is 0 Å². The van der Waals surface area contributed by atoms with Crippen LogP contribution < -0.4 is 10.5 Å². The maximum absolute atomic E-state index is 12.0. The second-order valence-electron chi connectivity index (χ2n) is 5.51. The van der Waals surface area contributed by atoms with Crippen LogP contribution >= 0.6 is 11.8 Å². The van der Waals surface area contributed by atoms with Crippen molar-refractivity contribution in [1.82, 2.24) is 4.72 Å². The molecule has 0 aliphatic rings. The van der Waals surface area contributed by atoms with Crippen LogP contribution in [0.25, 0.3) is 0 Å². The molecule has 0 aromatic heterocycles. The summed E-state index contributed by atoms with van der Waals surface area (Å²) in [6, 6.07) is 7.47. The predicted octanol–water partition coefficient (Wildman–Crippen LogP) is 3.11. The number of sulfonamides is 1. The molecule has 0 saturated heterocycles. The highest BCUT2D eigenvalue weighted by Crippen LogP contribution is 2.20. The van der Waals surface area contributed by atoms with Crippen molar-refractivity contribution < 1.29 is 8.42 Å². The van der Waals surface area contributed by atoms with Crippen LogP contribution in [-0.4, -0.2) is 26.0 Å². The Kier molecular flexibility index (Phi) is 7.56. The van der Waals surface area contributed by atoms with E-state index < -0.39 is 10.0 Å². The lowest BCUT2D eigenvalue weighted by atomic mass is 10.0. The number of thioether (sulfide) groups is 1. The summed E-state index contributed by atoms with van der Waals surface area (Å²) in [7, 11) is -3.22. The minimum atomic E-state index is -3.22. The van der Waals surface area contributed by atoms with Gasteiger partial charge in [0.2, 0.25) is 10.0 Å². The summed E-state index contributed by atoms with van der Waals surface area (Å²) >= 11 is 1.51. The topological polar surface area (TPSA) is 72.2 Å². The number of rotatable bonds is 9. The Morgan fingerprint density at radius 1 is 1.33 bits per heavy atom. The molecule has 0 spiro atoms. The Hall–Kier alpha value is -0.720. The van der Waals surface area contributed by atoms with Gasteiger partial charge >= 0.3 is 0 Å². The second-order valence-corrected chi connectivity index (χ2v) is 8.55. The first-order valence-electron chi connectivity index (χ1n) is 7.30. The molecular weight excluding hydrogens is 304 g/mol. The van der Waals surface area contributed by atoms with Crippen LogP contribution in [-0.2, 0) is 10.0 Å². The zero-order valence-corrected chi connectivity index (χ0v) is 14.6. The number of nitrogens with two attached hydrogens (primary N) is 1. The van der Waals surface area contributed by atoms with Crippen LogP contribution in [0.4, 0.5) is 5.69 Å². The summed E-state index contributed by atoms with van der Waals surface area (Å²) in [4.78, 5) is 0.998. The maximum Gasteiger partial charge on any atom is 0.212 e. The summed E-state index contributed by atoms with van der Waals surface area (Å²) in [5, 5.41) is 0. The van der Waals surface area contributed by atoms with Crippen molar-refractivity contribution in [2.75, 3.05) is 17.2 Å². The third-order valence-electron chi connectivity index (χ3n) is 3.31. The van der Waals surface area contributed by atoms with Gasteiger partial charge in [0.1, 0.15) is 0 Å². The van der Waals surface area contributed by atoms with Crippen LogP contribution in [0.15, 0.2) is 29.2 Å². The zero-order valence-electron chi connectivity index (χ0n) is 13.0. The number of nitrogens with one attached hydrogen (secondary N) is 1. The van der Waals surface area contributed by atoms with Gasteiger partial charge in [-0.1, -0.05) is 26.3 Å². The highest BCUT2D eigenvalue weighted by Gasteiger charge is 2.16. The highest BCUT2D eigenvalue weighted by atomic mass is 32.2. The Morgan fingerprint density at radius 2 is 2.05 bits per heavy atom. The van der Waals surface area contributed by atoms with Gasteiger partial charge in [0, 0.05) is 22.4 Å². The van der Waals surface area contributed by atoms with Crippen LogP contribution in [0.1, 0.15) is 33.6 Å². The average molecular weight is 331 g/mol. The first-order chi connectivity index (χ1) is 9.82. The zero-order chi connectivity index (χ0) is 15.9. The lowest BCUT2D eigenvalue weighted by Crippen LogP contribution is -2.35. The van der Waals surface area contributed by atoms with Crippen LogP contribution in [0.3, 0.4) is 0 Å². The lowest BCUT2D eigenvalue weighted by molar-refractivity contribution is 0.446. The van der Waals surface area contributed by atoms with Crippen molar-refractivity contribution in [2.24, 2.45) is 5.92 Å². The quantitative estimate of drug-likeness (QED) is 0.539. The van der Waals surface area contributed by atoms with Gasteiger partial charge in [-0.2, -0.15) is 0 Å². The minimum Gasteiger partial charge on any atom is -0.399 e. The second kappa shape index (κ2) is 8.66. The highest BCUT2D eigenvalue weighted by molar-refractivity contribution is 8.00. The molecule has 2 atom stereocenters. The van der Waals surface area contributed by atoms with E-state index in [9.17, 15) is 8.42 Å². The first-order valence-corrected chi connectivity index (χ1v) is 9.94. The number of hydrogen-bond donors (Lipinski definition) is 2. The van der Waals surface area contributed by atoms with Gasteiger partial charge < -0.3 is 5.73 Å². The Labute approximate surface area is 132 Å². The van der Waals surface area contributed by atoms with Gasteiger partial charge in [0.25, 0.3) is 0 Å². The van der Waals surface area contributed by atoms with Crippen LogP contribution in [0, 0.1) is 5.92 Å². The monoisotopic (exact) mass is 330 g/mol. The van der Waals surface area contributed by atoms with Gasteiger partial charge in [0.05, 0.1) is 5.75 Å². The molecule has 4 nitrogen and oxygen atoms in total. The lowest BCUT2D eigenvalue weighted by Gasteiger charge is -2.17. The molecule has 0 heterocycles. The molecule has 21 heavy (non-hydrogen) atoms. The Balaban J connectivity index is 2.39. The molecule has 0 radical (unpaired) electrons.